The highest BCUT2D eigenvalue weighted by molar-refractivity contribution is 9.09. The van der Waals surface area contributed by atoms with Gasteiger partial charge in [-0.2, -0.15) is 0 Å². The highest BCUT2D eigenvalue weighted by Gasteiger charge is 2.22. The lowest BCUT2D eigenvalue weighted by Crippen LogP contribution is -2.38. The van der Waals surface area contributed by atoms with Crippen LogP contribution in [0.4, 0.5) is 10.2 Å². The summed E-state index contributed by atoms with van der Waals surface area (Å²) in [4.78, 5) is 6.00. The number of hydrogen-bond donors (Lipinski definition) is 0. The third-order valence-corrected chi connectivity index (χ3v) is 3.49. The minimum absolute atomic E-state index is 0.272. The van der Waals surface area contributed by atoms with Gasteiger partial charge in [0.1, 0.15) is 0 Å². The molecule has 1 aliphatic rings. The first-order valence-electron chi connectivity index (χ1n) is 5.94. The lowest BCUT2D eigenvalue weighted by atomic mass is 10.1. The van der Waals surface area contributed by atoms with Gasteiger partial charge in [-0.3, -0.25) is 0 Å². The zero-order chi connectivity index (χ0) is 13.0. The molecule has 1 fully saturated rings. The van der Waals surface area contributed by atoms with Crippen molar-refractivity contribution in [2.24, 2.45) is 0 Å². The van der Waals surface area contributed by atoms with Crippen molar-refractivity contribution in [1.82, 2.24) is 4.98 Å². The number of nitrogens with zero attached hydrogens (tertiary/aromatic N) is 2. The number of aromatic nitrogens is 1. The third kappa shape index (κ3) is 3.56. The minimum atomic E-state index is -0.359. The van der Waals surface area contributed by atoms with E-state index in [9.17, 15) is 4.39 Å². The second-order valence-electron chi connectivity index (χ2n) is 4.21. The maximum Gasteiger partial charge on any atom is 0.167 e. The second-order valence-corrected chi connectivity index (χ2v) is 5.43. The van der Waals surface area contributed by atoms with Crippen molar-refractivity contribution in [2.75, 3.05) is 29.9 Å². The van der Waals surface area contributed by atoms with E-state index in [0.717, 1.165) is 37.9 Å². The molecule has 0 unspecified atom stereocenters. The molecule has 18 heavy (non-hydrogen) atoms. The molecule has 0 N–H and O–H groups in total. The molecule has 0 amide bonds. The zero-order valence-corrected chi connectivity index (χ0v) is 12.3. The standard InChI is InChI=1S/C12H15BrClFN2O/c13-3-6-18-10-1-4-17(5-2-10)12-11(15)7-9(14)8-16-12/h7-8,10H,1-6H2. The SMILES string of the molecule is Fc1cc(Cl)cnc1N1CCC(OCCBr)CC1. The van der Waals surface area contributed by atoms with Crippen molar-refractivity contribution in [1.29, 1.82) is 0 Å². The summed E-state index contributed by atoms with van der Waals surface area (Å²) < 4.78 is 19.4. The summed E-state index contributed by atoms with van der Waals surface area (Å²) in [6.45, 7) is 2.25. The molecular weight excluding hydrogens is 322 g/mol. The van der Waals surface area contributed by atoms with E-state index >= 15 is 0 Å². The van der Waals surface area contributed by atoms with Gasteiger partial charge in [0.25, 0.3) is 0 Å². The number of piperidine rings is 1. The van der Waals surface area contributed by atoms with Crippen LogP contribution in [0, 0.1) is 5.82 Å². The lowest BCUT2D eigenvalue weighted by Gasteiger charge is -2.32. The van der Waals surface area contributed by atoms with Crippen LogP contribution in [0.2, 0.25) is 5.02 Å². The molecule has 1 aromatic rings. The first-order valence-corrected chi connectivity index (χ1v) is 7.44. The summed E-state index contributed by atoms with van der Waals surface area (Å²) in [5, 5.41) is 1.17. The molecule has 1 aliphatic heterocycles. The van der Waals surface area contributed by atoms with Gasteiger partial charge >= 0.3 is 0 Å². The van der Waals surface area contributed by atoms with Crippen LogP contribution < -0.4 is 4.90 Å². The number of alkyl halides is 1. The van der Waals surface area contributed by atoms with Gasteiger partial charge in [-0.15, -0.1) is 0 Å². The predicted octanol–water partition coefficient (Wildman–Crippen LogP) is 3.25. The van der Waals surface area contributed by atoms with Gasteiger partial charge < -0.3 is 9.64 Å². The molecule has 0 aromatic carbocycles. The summed E-state index contributed by atoms with van der Waals surface area (Å²) in [6.07, 6.45) is 3.55. The van der Waals surface area contributed by atoms with Crippen LogP contribution in [0.15, 0.2) is 12.3 Å². The molecule has 100 valence electrons. The number of ether oxygens (including phenoxy) is 1. The fraction of sp³-hybridized carbons (Fsp3) is 0.583. The van der Waals surface area contributed by atoms with Gasteiger partial charge in [0.15, 0.2) is 11.6 Å². The van der Waals surface area contributed by atoms with Gasteiger partial charge in [-0.25, -0.2) is 9.37 Å². The Balaban J connectivity index is 1.93. The topological polar surface area (TPSA) is 25.4 Å². The third-order valence-electron chi connectivity index (χ3n) is 2.96. The van der Waals surface area contributed by atoms with Crippen LogP contribution >= 0.6 is 27.5 Å². The number of halogens is 3. The summed E-state index contributed by atoms with van der Waals surface area (Å²) in [5.41, 5.74) is 0. The number of rotatable bonds is 4. The van der Waals surface area contributed by atoms with Crippen LogP contribution in [0.3, 0.4) is 0 Å². The average molecular weight is 338 g/mol. The number of anilines is 1. The van der Waals surface area contributed by atoms with E-state index < -0.39 is 0 Å². The van der Waals surface area contributed by atoms with Crippen LogP contribution in [-0.4, -0.2) is 36.1 Å². The Labute approximate surface area is 119 Å². The lowest BCUT2D eigenvalue weighted by molar-refractivity contribution is 0.0479. The molecule has 0 spiro atoms. The first-order chi connectivity index (χ1) is 8.70. The molecule has 0 bridgehead atoms. The zero-order valence-electron chi connectivity index (χ0n) is 9.91. The highest BCUT2D eigenvalue weighted by Crippen LogP contribution is 2.23. The Morgan fingerprint density at radius 3 is 2.83 bits per heavy atom. The normalized spacial score (nSPS) is 17.2. The molecule has 6 heteroatoms. The van der Waals surface area contributed by atoms with Crippen LogP contribution in [0.25, 0.3) is 0 Å². The molecule has 0 radical (unpaired) electrons. The maximum atomic E-state index is 13.7. The van der Waals surface area contributed by atoms with Crippen molar-refractivity contribution < 1.29 is 9.13 Å². The average Bonchev–Trinajstić information content (AvgIpc) is 2.37. The molecule has 3 nitrogen and oxygen atoms in total. The van der Waals surface area contributed by atoms with E-state index in [1.54, 1.807) is 0 Å². The summed E-state index contributed by atoms with van der Waals surface area (Å²) >= 11 is 9.02. The highest BCUT2D eigenvalue weighted by atomic mass is 79.9. The Bertz CT molecular complexity index is 400. The van der Waals surface area contributed by atoms with E-state index in [-0.39, 0.29) is 11.9 Å². The van der Waals surface area contributed by atoms with Gasteiger partial charge in [0.05, 0.1) is 17.7 Å². The Morgan fingerprint density at radius 1 is 1.50 bits per heavy atom. The van der Waals surface area contributed by atoms with Crippen LogP contribution in [0.5, 0.6) is 0 Å². The quantitative estimate of drug-likeness (QED) is 0.789. The number of hydrogen-bond acceptors (Lipinski definition) is 3. The minimum Gasteiger partial charge on any atom is -0.377 e. The molecule has 1 saturated heterocycles. The van der Waals surface area contributed by atoms with Crippen LogP contribution in [-0.2, 0) is 4.74 Å². The number of pyridine rings is 1. The summed E-state index contributed by atoms with van der Waals surface area (Å²) in [7, 11) is 0. The maximum absolute atomic E-state index is 13.7. The van der Waals surface area contributed by atoms with E-state index in [4.69, 9.17) is 16.3 Å². The van der Waals surface area contributed by atoms with E-state index in [2.05, 4.69) is 20.9 Å². The Kier molecular flexibility index (Phi) is 5.21. The second kappa shape index (κ2) is 6.68. The Morgan fingerprint density at radius 2 is 2.22 bits per heavy atom. The fourth-order valence-electron chi connectivity index (χ4n) is 2.09. The molecule has 1 aromatic heterocycles. The van der Waals surface area contributed by atoms with Gasteiger partial charge in [0.2, 0.25) is 0 Å². The van der Waals surface area contributed by atoms with Gasteiger partial charge in [0, 0.05) is 24.6 Å². The largest absolute Gasteiger partial charge is 0.377 e. The van der Waals surface area contributed by atoms with Crippen LogP contribution in [0.1, 0.15) is 12.8 Å². The monoisotopic (exact) mass is 336 g/mol. The molecule has 0 atom stereocenters. The van der Waals surface area contributed by atoms with Crippen molar-refractivity contribution in [3.63, 3.8) is 0 Å². The Hall–Kier alpha value is -0.390. The summed E-state index contributed by atoms with van der Waals surface area (Å²) in [5.74, 6) is 0.0284. The van der Waals surface area contributed by atoms with Crippen molar-refractivity contribution >= 4 is 33.3 Å². The van der Waals surface area contributed by atoms with E-state index in [1.807, 2.05) is 4.90 Å². The van der Waals surface area contributed by atoms with Crippen molar-refractivity contribution in [3.05, 3.63) is 23.1 Å². The fourth-order valence-corrected chi connectivity index (χ4v) is 2.42. The summed E-state index contributed by atoms with van der Waals surface area (Å²) in [6, 6.07) is 1.30. The molecule has 2 heterocycles. The van der Waals surface area contributed by atoms with Crippen molar-refractivity contribution in [2.45, 2.75) is 18.9 Å². The van der Waals surface area contributed by atoms with Crippen molar-refractivity contribution in [3.8, 4) is 0 Å². The van der Waals surface area contributed by atoms with E-state index in [1.165, 1.54) is 12.3 Å². The van der Waals surface area contributed by atoms with E-state index in [0.29, 0.717) is 10.8 Å². The molecule has 0 aliphatic carbocycles. The molecule has 2 rings (SSSR count). The molecule has 0 saturated carbocycles. The van der Waals surface area contributed by atoms with Gasteiger partial charge in [-0.05, 0) is 18.9 Å². The first kappa shape index (κ1) is 14.0. The molecular formula is C12H15BrClFN2O. The smallest absolute Gasteiger partial charge is 0.167 e. The predicted molar refractivity (Wildman–Crippen MR) is 74.2 cm³/mol. The van der Waals surface area contributed by atoms with Gasteiger partial charge in [-0.1, -0.05) is 27.5 Å².